The summed E-state index contributed by atoms with van der Waals surface area (Å²) in [5.41, 5.74) is 0.803. The molecule has 0 aromatic heterocycles. The van der Waals surface area contributed by atoms with Crippen molar-refractivity contribution in [3.63, 3.8) is 0 Å². The van der Waals surface area contributed by atoms with Gasteiger partial charge in [0.2, 0.25) is 0 Å². The molecule has 2 fully saturated rings. The van der Waals surface area contributed by atoms with Gasteiger partial charge in [-0.05, 0) is 60.8 Å². The van der Waals surface area contributed by atoms with Gasteiger partial charge in [-0.25, -0.2) is 0 Å². The summed E-state index contributed by atoms with van der Waals surface area (Å²) in [6.07, 6.45) is 9.17. The van der Waals surface area contributed by atoms with Crippen molar-refractivity contribution in [2.75, 3.05) is 0 Å². The number of aliphatic hydroxyl groups is 1. The quantitative estimate of drug-likeness (QED) is 0.471. The van der Waals surface area contributed by atoms with Crippen molar-refractivity contribution in [3.8, 4) is 18.1 Å². The van der Waals surface area contributed by atoms with Crippen molar-refractivity contribution in [2.24, 2.45) is 17.3 Å². The van der Waals surface area contributed by atoms with Crippen LogP contribution in [0.15, 0.2) is 18.2 Å². The van der Waals surface area contributed by atoms with Crippen molar-refractivity contribution in [2.45, 2.75) is 70.5 Å². The van der Waals surface area contributed by atoms with Crippen LogP contribution >= 0.6 is 0 Å². The minimum Gasteiger partial charge on any atom is -0.462 e. The van der Waals surface area contributed by atoms with Crippen LogP contribution in [0.1, 0.15) is 63.5 Å². The highest BCUT2D eigenvalue weighted by molar-refractivity contribution is 5.69. The van der Waals surface area contributed by atoms with Crippen molar-refractivity contribution in [1.82, 2.24) is 0 Å². The summed E-state index contributed by atoms with van der Waals surface area (Å²) in [5.74, 6) is 3.07. The summed E-state index contributed by atoms with van der Waals surface area (Å²) in [5, 5.41) is 11.1. The first-order valence-electron chi connectivity index (χ1n) is 10.4. The lowest BCUT2D eigenvalue weighted by molar-refractivity contribution is -0.157. The van der Waals surface area contributed by atoms with E-state index in [0.717, 1.165) is 24.8 Å². The molecule has 3 aliphatic rings. The molecule has 0 spiro atoms. The maximum absolute atomic E-state index is 11.9. The zero-order valence-electron chi connectivity index (χ0n) is 17.2. The van der Waals surface area contributed by atoms with Crippen LogP contribution in [0.25, 0.3) is 0 Å². The number of benzene rings is 1. The fourth-order valence-electron chi connectivity index (χ4n) is 6.37. The average Bonchev–Trinajstić information content (AvgIpc) is 2.92. The molecule has 1 aromatic carbocycles. The second-order valence-electron chi connectivity index (χ2n) is 9.10. The molecule has 2 saturated carbocycles. The van der Waals surface area contributed by atoms with Crippen molar-refractivity contribution < 1.29 is 24.2 Å². The van der Waals surface area contributed by atoms with E-state index in [4.69, 9.17) is 15.9 Å². The van der Waals surface area contributed by atoms with Crippen molar-refractivity contribution >= 4 is 11.9 Å². The maximum Gasteiger partial charge on any atom is 0.308 e. The van der Waals surface area contributed by atoms with Crippen molar-refractivity contribution in [1.29, 1.82) is 0 Å². The van der Waals surface area contributed by atoms with E-state index in [1.807, 2.05) is 18.2 Å². The van der Waals surface area contributed by atoms with Crippen LogP contribution in [0.2, 0.25) is 0 Å². The third-order valence-electron chi connectivity index (χ3n) is 7.67. The van der Waals surface area contributed by atoms with E-state index in [9.17, 15) is 14.7 Å². The van der Waals surface area contributed by atoms with Gasteiger partial charge in [-0.3, -0.25) is 9.59 Å². The number of carbonyl (C=O) groups excluding carboxylic acids is 2. The molecule has 1 aromatic rings. The van der Waals surface area contributed by atoms with E-state index in [1.165, 1.54) is 19.4 Å². The van der Waals surface area contributed by atoms with Crippen LogP contribution in [-0.4, -0.2) is 28.8 Å². The van der Waals surface area contributed by atoms with E-state index in [1.54, 1.807) is 0 Å². The largest absolute Gasteiger partial charge is 0.462 e. The first-order chi connectivity index (χ1) is 13.7. The van der Waals surface area contributed by atoms with Gasteiger partial charge in [0, 0.05) is 31.6 Å². The Morgan fingerprint density at radius 3 is 2.62 bits per heavy atom. The molecule has 5 heteroatoms. The van der Waals surface area contributed by atoms with Gasteiger partial charge in [0.1, 0.15) is 17.5 Å². The first kappa shape index (κ1) is 20.0. The summed E-state index contributed by atoms with van der Waals surface area (Å²) >= 11 is 0. The molecule has 0 unspecified atom stereocenters. The van der Waals surface area contributed by atoms with Crippen LogP contribution in [0, 0.1) is 29.6 Å². The predicted octanol–water partition coefficient (Wildman–Crippen LogP) is 3.37. The van der Waals surface area contributed by atoms with Gasteiger partial charge >= 0.3 is 11.9 Å². The zero-order chi connectivity index (χ0) is 21.0. The molecule has 29 heavy (non-hydrogen) atoms. The Kier molecular flexibility index (Phi) is 4.74. The highest BCUT2D eigenvalue weighted by Crippen LogP contribution is 2.64. The number of hydrogen-bond acceptors (Lipinski definition) is 5. The summed E-state index contributed by atoms with van der Waals surface area (Å²) in [4.78, 5) is 23.2. The van der Waals surface area contributed by atoms with Crippen LogP contribution in [0.3, 0.4) is 0 Å². The number of esters is 2. The summed E-state index contributed by atoms with van der Waals surface area (Å²) < 4.78 is 11.1. The van der Waals surface area contributed by atoms with Crippen molar-refractivity contribution in [3.05, 3.63) is 29.3 Å². The first-order valence-corrected chi connectivity index (χ1v) is 10.4. The van der Waals surface area contributed by atoms with Gasteiger partial charge < -0.3 is 14.6 Å². The Balaban J connectivity index is 1.75. The monoisotopic (exact) mass is 396 g/mol. The zero-order valence-corrected chi connectivity index (χ0v) is 17.2. The Morgan fingerprint density at radius 2 is 1.97 bits per heavy atom. The van der Waals surface area contributed by atoms with Gasteiger partial charge in [0.15, 0.2) is 0 Å². The van der Waals surface area contributed by atoms with Crippen LogP contribution in [-0.2, 0) is 20.7 Å². The third-order valence-corrected chi connectivity index (χ3v) is 7.67. The fraction of sp³-hybridized carbons (Fsp3) is 0.583. The lowest BCUT2D eigenvalue weighted by atomic mass is 9.52. The van der Waals surface area contributed by atoms with E-state index < -0.39 is 5.60 Å². The van der Waals surface area contributed by atoms with Crippen LogP contribution in [0.5, 0.6) is 5.75 Å². The van der Waals surface area contributed by atoms with Gasteiger partial charge in [0.05, 0.1) is 0 Å². The number of ether oxygens (including phenoxy) is 2. The average molecular weight is 396 g/mol. The van der Waals surface area contributed by atoms with E-state index >= 15 is 0 Å². The SMILES string of the molecule is C#C[C@]1(O)CC[C@H]2[C@H]3[C@H](CC[C@@]21C)c1ccc(OC(C)=O)cc1C[C@H]3OC(C)=O. The second kappa shape index (κ2) is 6.88. The maximum atomic E-state index is 11.9. The molecule has 5 nitrogen and oxygen atoms in total. The third kappa shape index (κ3) is 3.05. The smallest absolute Gasteiger partial charge is 0.308 e. The van der Waals surface area contributed by atoms with E-state index in [0.29, 0.717) is 18.6 Å². The molecule has 0 bridgehead atoms. The summed E-state index contributed by atoms with van der Waals surface area (Å²) in [7, 11) is 0. The molecule has 4 rings (SSSR count). The van der Waals surface area contributed by atoms with Crippen LogP contribution in [0.4, 0.5) is 0 Å². The topological polar surface area (TPSA) is 72.8 Å². The summed E-state index contributed by atoms with van der Waals surface area (Å²) in [6.45, 7) is 4.92. The lowest BCUT2D eigenvalue weighted by Crippen LogP contribution is -2.53. The highest BCUT2D eigenvalue weighted by Gasteiger charge is 2.63. The minimum atomic E-state index is -1.11. The molecule has 0 amide bonds. The molecule has 6 atom stereocenters. The number of terminal acetylenes is 1. The minimum absolute atomic E-state index is 0.118. The van der Waals surface area contributed by atoms with Crippen LogP contribution < -0.4 is 4.74 Å². The molecule has 0 radical (unpaired) electrons. The molecule has 0 heterocycles. The molecule has 1 N–H and O–H groups in total. The normalized spacial score (nSPS) is 37.5. The number of fused-ring (bicyclic) bond motifs is 5. The van der Waals surface area contributed by atoms with Gasteiger partial charge in [-0.1, -0.05) is 18.9 Å². The Bertz CT molecular complexity index is 899. The molecule has 0 saturated heterocycles. The number of carbonyl (C=O) groups is 2. The number of rotatable bonds is 2. The highest BCUT2D eigenvalue weighted by atomic mass is 16.5. The van der Waals surface area contributed by atoms with Gasteiger partial charge in [0.25, 0.3) is 0 Å². The Labute approximate surface area is 171 Å². The van der Waals surface area contributed by atoms with E-state index in [-0.39, 0.29) is 41.2 Å². The molecule has 154 valence electrons. The number of hydrogen-bond donors (Lipinski definition) is 1. The van der Waals surface area contributed by atoms with Gasteiger partial charge in [-0.2, -0.15) is 0 Å². The molecular weight excluding hydrogens is 368 g/mol. The molecular formula is C24H28O5. The standard InChI is InChI=1S/C24H28O5/c1-5-24(27)11-9-20-22-19(8-10-23(20,24)4)18-7-6-17(28-14(2)25)12-16(18)13-21(22)29-15(3)26/h1,6-7,12,19-22,27H,8-11,13H2,2-4H3/t19-,20+,21-,22-,23+,24+/m1/s1. The Hall–Kier alpha value is -2.32. The molecule has 3 aliphatic carbocycles. The summed E-state index contributed by atoms with van der Waals surface area (Å²) in [6, 6.07) is 5.77. The predicted molar refractivity (Wildman–Crippen MR) is 107 cm³/mol. The lowest BCUT2D eigenvalue weighted by Gasteiger charge is -2.53. The van der Waals surface area contributed by atoms with E-state index in [2.05, 4.69) is 12.8 Å². The van der Waals surface area contributed by atoms with Gasteiger partial charge in [-0.15, -0.1) is 6.42 Å². The fourth-order valence-corrected chi connectivity index (χ4v) is 6.37. The molecule has 0 aliphatic heterocycles. The second-order valence-corrected chi connectivity index (χ2v) is 9.10. The Morgan fingerprint density at radius 1 is 1.21 bits per heavy atom.